The maximum atomic E-state index is 14.0. The average Bonchev–Trinajstić information content (AvgIpc) is 2.90. The number of carbonyl (C=O) groups is 2. The van der Waals surface area contributed by atoms with Gasteiger partial charge in [0.1, 0.15) is 0 Å². The zero-order valence-electron chi connectivity index (χ0n) is 23.1. The van der Waals surface area contributed by atoms with Gasteiger partial charge in [-0.1, -0.05) is 112 Å². The first-order chi connectivity index (χ1) is 18.1. The van der Waals surface area contributed by atoms with Crippen LogP contribution in [0.25, 0.3) is 0 Å². The molecule has 1 heterocycles. The van der Waals surface area contributed by atoms with Crippen molar-refractivity contribution in [2.75, 3.05) is 6.61 Å². The minimum Gasteiger partial charge on any atom is -0.417 e. The Morgan fingerprint density at radius 1 is 0.895 bits per heavy atom. The molecule has 0 aliphatic carbocycles. The summed E-state index contributed by atoms with van der Waals surface area (Å²) in [5.74, 6) is 1.89. The topological polar surface area (TPSA) is 55.4 Å². The van der Waals surface area contributed by atoms with Crippen molar-refractivity contribution in [1.82, 2.24) is 5.32 Å². The van der Waals surface area contributed by atoms with Crippen LogP contribution in [0.3, 0.4) is 0 Å². The van der Waals surface area contributed by atoms with E-state index in [0.717, 1.165) is 15.9 Å². The molecule has 199 valence electrons. The van der Waals surface area contributed by atoms with Crippen molar-refractivity contribution in [3.63, 3.8) is 0 Å². The quantitative estimate of drug-likeness (QED) is 0.227. The molecule has 1 saturated heterocycles. The summed E-state index contributed by atoms with van der Waals surface area (Å²) >= 11 is 0. The third-order valence-corrected chi connectivity index (χ3v) is 12.2. The van der Waals surface area contributed by atoms with Gasteiger partial charge in [-0.2, -0.15) is 0 Å². The zero-order chi connectivity index (χ0) is 27.3. The Balaban J connectivity index is 1.75. The lowest BCUT2D eigenvalue weighted by Crippen LogP contribution is -2.63. The van der Waals surface area contributed by atoms with Crippen molar-refractivity contribution in [2.45, 2.75) is 46.3 Å². The van der Waals surface area contributed by atoms with Crippen LogP contribution in [0.5, 0.6) is 0 Å². The summed E-state index contributed by atoms with van der Waals surface area (Å²) < 4.78 is 6.08. The molecule has 4 nitrogen and oxygen atoms in total. The lowest BCUT2D eigenvalue weighted by Gasteiger charge is -2.46. The number of amides is 1. The Morgan fingerprint density at radius 2 is 1.34 bits per heavy atom. The molecule has 1 radical (unpaired) electrons. The molecule has 0 aromatic heterocycles. The van der Waals surface area contributed by atoms with Gasteiger partial charge in [0.2, 0.25) is 14.9 Å². The number of Topliss-reactive ketones (excluding diaryl/α,β-unsaturated/α-hetero) is 1. The van der Waals surface area contributed by atoms with Crippen LogP contribution in [0.4, 0.5) is 0 Å². The summed E-state index contributed by atoms with van der Waals surface area (Å²) in [6, 6.07) is 30.9. The number of rotatable bonds is 10. The van der Waals surface area contributed by atoms with Gasteiger partial charge in [0.05, 0.1) is 5.92 Å². The molecule has 0 unspecified atom stereocenters. The van der Waals surface area contributed by atoms with E-state index in [0.29, 0.717) is 6.61 Å². The molecule has 6 heteroatoms. The second kappa shape index (κ2) is 12.0. The van der Waals surface area contributed by atoms with Crippen LogP contribution in [0.1, 0.15) is 27.2 Å². The molecule has 1 aliphatic heterocycles. The highest BCUT2D eigenvalue weighted by atomic mass is 31.2. The third kappa shape index (κ3) is 6.12. The summed E-state index contributed by atoms with van der Waals surface area (Å²) in [7, 11) is -0.879. The van der Waals surface area contributed by atoms with Crippen molar-refractivity contribution in [3.05, 3.63) is 91.0 Å². The standard InChI is InChI=1S/C32H39NO3PSi/c1-32(2,3)28(22-36-38(4)5)30-29(33-31(30)35)21-24(34)23-37(25-15-9-6-10-16-25,26-17-11-7-12-18-26)27-19-13-8-14-20-27/h6-20,23,28-30H,21-22H2,1-5H3,(H,33,35)/t28-,29-,30+/m1/s1. The van der Waals surface area contributed by atoms with Crippen molar-refractivity contribution in [2.24, 2.45) is 17.3 Å². The van der Waals surface area contributed by atoms with E-state index < -0.39 is 15.9 Å². The maximum absolute atomic E-state index is 14.0. The van der Waals surface area contributed by atoms with Gasteiger partial charge in [-0.25, -0.2) is 0 Å². The molecule has 1 fully saturated rings. The molecule has 3 aromatic carbocycles. The molecule has 4 rings (SSSR count). The minimum atomic E-state index is -2.38. The number of ketones is 1. The lowest BCUT2D eigenvalue weighted by atomic mass is 9.67. The number of hydrogen-bond donors (Lipinski definition) is 1. The average molecular weight is 545 g/mol. The number of carbonyl (C=O) groups excluding carboxylic acids is 2. The first kappa shape index (κ1) is 28.3. The number of hydrogen-bond acceptors (Lipinski definition) is 3. The van der Waals surface area contributed by atoms with Crippen LogP contribution < -0.4 is 21.2 Å². The molecule has 0 spiro atoms. The highest BCUT2D eigenvalue weighted by molar-refractivity contribution is 7.95. The number of β-lactam (4-membered cyclic amide) rings is 1. The van der Waals surface area contributed by atoms with Crippen LogP contribution in [0.15, 0.2) is 91.0 Å². The van der Waals surface area contributed by atoms with E-state index in [1.54, 1.807) is 0 Å². The van der Waals surface area contributed by atoms with Crippen LogP contribution in [0, 0.1) is 17.3 Å². The van der Waals surface area contributed by atoms with Crippen molar-refractivity contribution >= 4 is 49.3 Å². The summed E-state index contributed by atoms with van der Waals surface area (Å²) in [6.45, 7) is 8.87. The fourth-order valence-corrected chi connectivity index (χ4v) is 9.71. The fraction of sp³-hybridized carbons (Fsp3) is 0.344. The maximum Gasteiger partial charge on any atom is 0.225 e. The van der Waals surface area contributed by atoms with Gasteiger partial charge in [-0.15, -0.1) is 0 Å². The molecule has 1 N–H and O–H groups in total. The first-order valence-electron chi connectivity index (χ1n) is 13.3. The highest BCUT2D eigenvalue weighted by Gasteiger charge is 2.49. The molecule has 0 saturated carbocycles. The van der Waals surface area contributed by atoms with E-state index in [2.05, 4.69) is 75.6 Å². The van der Waals surface area contributed by atoms with E-state index >= 15 is 0 Å². The normalized spacial score (nSPS) is 18.4. The minimum absolute atomic E-state index is 0.0301. The van der Waals surface area contributed by atoms with Gasteiger partial charge in [0, 0.05) is 19.1 Å². The highest BCUT2D eigenvalue weighted by Crippen LogP contribution is 2.44. The molecular formula is C32H39NO3PSi. The monoisotopic (exact) mass is 544 g/mol. The van der Waals surface area contributed by atoms with Gasteiger partial charge in [0.15, 0.2) is 5.78 Å². The molecule has 1 amide bonds. The fourth-order valence-electron chi connectivity index (χ4n) is 5.39. The van der Waals surface area contributed by atoms with E-state index in [1.165, 1.54) is 0 Å². The van der Waals surface area contributed by atoms with Crippen molar-refractivity contribution < 1.29 is 14.0 Å². The third-order valence-electron chi connectivity index (χ3n) is 7.41. The van der Waals surface area contributed by atoms with Gasteiger partial charge >= 0.3 is 0 Å². The summed E-state index contributed by atoms with van der Waals surface area (Å²) in [5.41, 5.74) is -0.111. The van der Waals surface area contributed by atoms with Crippen LogP contribution in [-0.4, -0.2) is 39.2 Å². The summed E-state index contributed by atoms with van der Waals surface area (Å²) in [5, 5.41) is 6.48. The van der Waals surface area contributed by atoms with Gasteiger partial charge < -0.3 is 9.74 Å². The van der Waals surface area contributed by atoms with Crippen molar-refractivity contribution in [3.8, 4) is 0 Å². The SMILES string of the molecule is C[Si](C)OC[C@H]([C@@H]1C(=O)N[C@@H]1CC(=O)C=P(c1ccccc1)(c1ccccc1)c1ccccc1)C(C)(C)C. The second-order valence-electron chi connectivity index (χ2n) is 11.4. The Morgan fingerprint density at radius 3 is 1.71 bits per heavy atom. The predicted molar refractivity (Wildman–Crippen MR) is 163 cm³/mol. The van der Waals surface area contributed by atoms with Crippen LogP contribution in [-0.2, 0) is 14.0 Å². The molecular weight excluding hydrogens is 505 g/mol. The van der Waals surface area contributed by atoms with E-state index in [4.69, 9.17) is 4.43 Å². The Bertz CT molecular complexity index is 1180. The Kier molecular flexibility index (Phi) is 8.92. The summed E-state index contributed by atoms with van der Waals surface area (Å²) in [6.07, 6.45) is 0.285. The smallest absolute Gasteiger partial charge is 0.225 e. The Hall–Kier alpha value is -2.72. The molecule has 3 aromatic rings. The van der Waals surface area contributed by atoms with Crippen LogP contribution >= 0.6 is 6.89 Å². The van der Waals surface area contributed by atoms with E-state index in [-0.39, 0.29) is 41.4 Å². The molecule has 0 bridgehead atoms. The largest absolute Gasteiger partial charge is 0.417 e. The zero-order valence-corrected chi connectivity index (χ0v) is 25.0. The molecule has 1 aliphatic rings. The first-order valence-corrected chi connectivity index (χ1v) is 17.6. The predicted octanol–water partition coefficient (Wildman–Crippen LogP) is 4.79. The van der Waals surface area contributed by atoms with Gasteiger partial charge in [-0.05, 0) is 53.0 Å². The number of benzene rings is 3. The lowest BCUT2D eigenvalue weighted by molar-refractivity contribution is -0.142. The van der Waals surface area contributed by atoms with Crippen LogP contribution in [0.2, 0.25) is 13.1 Å². The Labute approximate surface area is 229 Å². The van der Waals surface area contributed by atoms with E-state index in [9.17, 15) is 9.59 Å². The number of nitrogens with one attached hydrogen (secondary N) is 1. The van der Waals surface area contributed by atoms with Gasteiger partial charge in [0.25, 0.3) is 0 Å². The molecule has 38 heavy (non-hydrogen) atoms. The second-order valence-corrected chi connectivity index (χ2v) is 16.7. The van der Waals surface area contributed by atoms with Crippen molar-refractivity contribution in [1.29, 1.82) is 0 Å². The van der Waals surface area contributed by atoms with E-state index in [1.807, 2.05) is 60.4 Å². The summed E-state index contributed by atoms with van der Waals surface area (Å²) in [4.78, 5) is 26.8. The molecule has 3 atom stereocenters. The van der Waals surface area contributed by atoms with Gasteiger partial charge in [-0.3, -0.25) is 9.59 Å².